The second-order valence-electron chi connectivity index (χ2n) is 3.58. The monoisotopic (exact) mass is 255 g/mol. The van der Waals surface area contributed by atoms with Crippen LogP contribution in [-0.4, -0.2) is 25.8 Å². The Bertz CT molecular complexity index is 574. The highest BCUT2D eigenvalue weighted by molar-refractivity contribution is 7.16. The van der Waals surface area contributed by atoms with Gasteiger partial charge in [-0.05, 0) is 24.7 Å². The number of fused-ring (bicyclic) bond motifs is 1. The van der Waals surface area contributed by atoms with Crippen molar-refractivity contribution in [3.05, 3.63) is 27.4 Å². The van der Waals surface area contributed by atoms with Gasteiger partial charge in [0.15, 0.2) is 11.3 Å². The van der Waals surface area contributed by atoms with E-state index < -0.39 is 6.10 Å². The van der Waals surface area contributed by atoms with Crippen molar-refractivity contribution in [3.8, 4) is 5.75 Å². The molecule has 1 atom stereocenters. The molecule has 0 saturated heterocycles. The molecule has 1 unspecified atom stereocenters. The van der Waals surface area contributed by atoms with Crippen molar-refractivity contribution in [3.63, 3.8) is 0 Å². The number of rotatable bonds is 4. The lowest BCUT2D eigenvalue weighted by atomic mass is 10.1. The number of likely N-dealkylation sites (N-methyl/N-ethyl adjacent to an activating group) is 1. The van der Waals surface area contributed by atoms with Gasteiger partial charge in [-0.25, -0.2) is 4.79 Å². The first-order valence-corrected chi connectivity index (χ1v) is 5.91. The Balaban J connectivity index is 2.55. The number of hydrogen-bond acceptors (Lipinski definition) is 6. The van der Waals surface area contributed by atoms with E-state index in [1.54, 1.807) is 19.2 Å². The Labute approximate surface area is 102 Å². The Morgan fingerprint density at radius 3 is 3.00 bits per heavy atom. The molecule has 2 N–H and O–H groups in total. The quantitative estimate of drug-likeness (QED) is 0.856. The molecule has 0 bridgehead atoms. The molecule has 0 saturated carbocycles. The van der Waals surface area contributed by atoms with Gasteiger partial charge in [-0.3, -0.25) is 0 Å². The van der Waals surface area contributed by atoms with Crippen molar-refractivity contribution in [2.24, 2.45) is 0 Å². The van der Waals surface area contributed by atoms with Crippen molar-refractivity contribution in [1.29, 1.82) is 0 Å². The first kappa shape index (κ1) is 12.1. The minimum Gasteiger partial charge on any atom is -0.493 e. The SMILES string of the molecule is CNCC(O)c1cc(OC)c2oc(=O)sc2c1. The summed E-state index contributed by atoms with van der Waals surface area (Å²) in [5.41, 5.74) is 1.13. The minimum atomic E-state index is -0.643. The molecule has 1 aromatic heterocycles. The first-order chi connectivity index (χ1) is 8.15. The lowest BCUT2D eigenvalue weighted by Crippen LogP contribution is -2.16. The zero-order valence-electron chi connectivity index (χ0n) is 9.52. The molecule has 0 aliphatic rings. The van der Waals surface area contributed by atoms with Gasteiger partial charge in [0.2, 0.25) is 0 Å². The van der Waals surface area contributed by atoms with Crippen molar-refractivity contribution in [2.45, 2.75) is 6.10 Å². The summed E-state index contributed by atoms with van der Waals surface area (Å²) in [6, 6.07) is 3.43. The molecule has 17 heavy (non-hydrogen) atoms. The van der Waals surface area contributed by atoms with Gasteiger partial charge in [0.25, 0.3) is 0 Å². The van der Waals surface area contributed by atoms with Crippen LogP contribution in [0.3, 0.4) is 0 Å². The predicted octanol–water partition coefficient (Wildman–Crippen LogP) is 1.12. The molecule has 2 aromatic rings. The smallest absolute Gasteiger partial charge is 0.396 e. The van der Waals surface area contributed by atoms with Crippen LogP contribution in [0, 0.1) is 0 Å². The summed E-state index contributed by atoms with van der Waals surface area (Å²) in [7, 11) is 3.26. The largest absolute Gasteiger partial charge is 0.493 e. The lowest BCUT2D eigenvalue weighted by Gasteiger charge is -2.11. The second kappa shape index (κ2) is 4.87. The molecule has 92 valence electrons. The molecule has 1 aromatic carbocycles. The zero-order chi connectivity index (χ0) is 12.4. The first-order valence-electron chi connectivity index (χ1n) is 5.10. The number of ether oxygens (including phenoxy) is 1. The van der Waals surface area contributed by atoms with Crippen LogP contribution >= 0.6 is 11.3 Å². The van der Waals surface area contributed by atoms with Gasteiger partial charge in [0, 0.05) is 6.54 Å². The predicted molar refractivity (Wildman–Crippen MR) is 65.8 cm³/mol. The summed E-state index contributed by atoms with van der Waals surface area (Å²) < 4.78 is 10.9. The van der Waals surface area contributed by atoms with Gasteiger partial charge in [-0.2, -0.15) is 0 Å². The fourth-order valence-electron chi connectivity index (χ4n) is 1.62. The van der Waals surface area contributed by atoms with E-state index in [-0.39, 0.29) is 4.94 Å². The molecular weight excluding hydrogens is 242 g/mol. The Kier molecular flexibility index (Phi) is 3.46. The van der Waals surface area contributed by atoms with Gasteiger partial charge in [-0.15, -0.1) is 0 Å². The molecule has 0 fully saturated rings. The number of aliphatic hydroxyl groups is 1. The third kappa shape index (κ3) is 2.33. The summed E-state index contributed by atoms with van der Waals surface area (Å²) in [6.07, 6.45) is -0.643. The van der Waals surface area contributed by atoms with E-state index >= 15 is 0 Å². The van der Waals surface area contributed by atoms with Crippen LogP contribution in [0.1, 0.15) is 11.7 Å². The number of hydrogen-bond donors (Lipinski definition) is 2. The van der Waals surface area contributed by atoms with Crippen molar-refractivity contribution in [2.75, 3.05) is 20.7 Å². The number of benzene rings is 1. The van der Waals surface area contributed by atoms with Crippen molar-refractivity contribution < 1.29 is 14.3 Å². The topological polar surface area (TPSA) is 71.7 Å². The Morgan fingerprint density at radius 1 is 1.59 bits per heavy atom. The highest BCUT2D eigenvalue weighted by atomic mass is 32.1. The molecule has 1 heterocycles. The van der Waals surface area contributed by atoms with Crippen LogP contribution in [0.25, 0.3) is 10.3 Å². The normalized spacial score (nSPS) is 12.9. The van der Waals surface area contributed by atoms with Crippen LogP contribution in [0.2, 0.25) is 0 Å². The Hall–Kier alpha value is -1.37. The van der Waals surface area contributed by atoms with E-state index in [4.69, 9.17) is 9.15 Å². The van der Waals surface area contributed by atoms with Crippen LogP contribution in [0.15, 0.2) is 21.3 Å². The molecule has 0 aliphatic heterocycles. The lowest BCUT2D eigenvalue weighted by molar-refractivity contribution is 0.177. The van der Waals surface area contributed by atoms with Gasteiger partial charge in [0.1, 0.15) is 0 Å². The molecular formula is C11H13NO4S. The molecule has 0 radical (unpaired) electrons. The maximum Gasteiger partial charge on any atom is 0.396 e. The summed E-state index contributed by atoms with van der Waals surface area (Å²) in [5, 5.41) is 12.8. The Morgan fingerprint density at radius 2 is 2.35 bits per heavy atom. The number of aliphatic hydroxyl groups excluding tert-OH is 1. The average molecular weight is 255 g/mol. The number of methoxy groups -OCH3 is 1. The maximum atomic E-state index is 11.2. The van der Waals surface area contributed by atoms with Gasteiger partial charge < -0.3 is 19.6 Å². The van der Waals surface area contributed by atoms with E-state index in [2.05, 4.69) is 5.32 Å². The van der Waals surface area contributed by atoms with Crippen molar-refractivity contribution in [1.82, 2.24) is 5.32 Å². The van der Waals surface area contributed by atoms with Crippen LogP contribution in [-0.2, 0) is 0 Å². The van der Waals surface area contributed by atoms with Crippen molar-refractivity contribution >= 4 is 21.6 Å². The van der Waals surface area contributed by atoms with Crippen LogP contribution in [0.4, 0.5) is 0 Å². The highest BCUT2D eigenvalue weighted by Gasteiger charge is 2.14. The maximum absolute atomic E-state index is 11.2. The number of nitrogens with one attached hydrogen (secondary N) is 1. The summed E-state index contributed by atoms with van der Waals surface area (Å²) >= 11 is 0.998. The van der Waals surface area contributed by atoms with E-state index in [0.29, 0.717) is 28.1 Å². The van der Waals surface area contributed by atoms with Gasteiger partial charge in [0.05, 0.1) is 17.9 Å². The molecule has 2 rings (SSSR count). The third-order valence-corrected chi connectivity index (χ3v) is 3.20. The average Bonchev–Trinajstić information content (AvgIpc) is 2.68. The summed E-state index contributed by atoms with van der Waals surface area (Å²) in [5.74, 6) is 0.464. The highest BCUT2D eigenvalue weighted by Crippen LogP contribution is 2.31. The molecule has 0 aliphatic carbocycles. The van der Waals surface area contributed by atoms with Crippen LogP contribution in [0.5, 0.6) is 5.75 Å². The fraction of sp³-hybridized carbons (Fsp3) is 0.364. The van der Waals surface area contributed by atoms with E-state index in [1.807, 2.05) is 0 Å². The van der Waals surface area contributed by atoms with E-state index in [9.17, 15) is 9.90 Å². The second-order valence-corrected chi connectivity index (χ2v) is 4.56. The third-order valence-electron chi connectivity index (χ3n) is 2.42. The van der Waals surface area contributed by atoms with E-state index in [1.165, 1.54) is 7.11 Å². The molecule has 5 nitrogen and oxygen atoms in total. The molecule has 0 amide bonds. The van der Waals surface area contributed by atoms with E-state index in [0.717, 1.165) is 11.3 Å². The summed E-state index contributed by atoms with van der Waals surface area (Å²) in [4.78, 5) is 10.8. The van der Waals surface area contributed by atoms with Gasteiger partial charge >= 0.3 is 4.94 Å². The minimum absolute atomic E-state index is 0.376. The standard InChI is InChI=1S/C11H13NO4S/c1-12-5-7(13)6-3-8(15-2)10-9(4-6)17-11(14)16-10/h3-4,7,12-13H,5H2,1-2H3. The van der Waals surface area contributed by atoms with Crippen LogP contribution < -0.4 is 15.0 Å². The summed E-state index contributed by atoms with van der Waals surface area (Å²) in [6.45, 7) is 0.432. The molecule has 0 spiro atoms. The van der Waals surface area contributed by atoms with Gasteiger partial charge in [-0.1, -0.05) is 11.3 Å². The fourth-order valence-corrected chi connectivity index (χ4v) is 2.36. The molecule has 6 heteroatoms. The zero-order valence-corrected chi connectivity index (χ0v) is 10.3.